The topological polar surface area (TPSA) is 21.3 Å². The van der Waals surface area contributed by atoms with E-state index in [9.17, 15) is 0 Å². The van der Waals surface area contributed by atoms with E-state index in [1.807, 2.05) is 24.3 Å². The normalized spacial score (nSPS) is 10.9. The predicted octanol–water partition coefficient (Wildman–Crippen LogP) is 5.47. The van der Waals surface area contributed by atoms with Crippen molar-refractivity contribution in [1.82, 2.24) is 5.32 Å². The minimum Gasteiger partial charge on any atom is -0.457 e. The van der Waals surface area contributed by atoms with E-state index in [0.29, 0.717) is 5.92 Å². The van der Waals surface area contributed by atoms with E-state index < -0.39 is 0 Å². The van der Waals surface area contributed by atoms with Crippen molar-refractivity contribution in [2.75, 3.05) is 6.54 Å². The van der Waals surface area contributed by atoms with Crippen LogP contribution in [-0.4, -0.2) is 6.54 Å². The molecule has 0 bridgehead atoms. The van der Waals surface area contributed by atoms with Gasteiger partial charge in [-0.25, -0.2) is 0 Å². The van der Waals surface area contributed by atoms with Gasteiger partial charge in [0.15, 0.2) is 0 Å². The van der Waals surface area contributed by atoms with Crippen LogP contribution in [0, 0.1) is 0 Å². The van der Waals surface area contributed by atoms with Crippen molar-refractivity contribution >= 4 is 15.9 Å². The highest BCUT2D eigenvalue weighted by Crippen LogP contribution is 2.33. The highest BCUT2D eigenvalue weighted by Gasteiger charge is 2.10. The van der Waals surface area contributed by atoms with E-state index in [1.54, 1.807) is 0 Å². The predicted molar refractivity (Wildman–Crippen MR) is 92.1 cm³/mol. The van der Waals surface area contributed by atoms with Gasteiger partial charge in [-0.2, -0.15) is 0 Å². The molecule has 0 spiro atoms. The fraction of sp³-hybridized carbons (Fsp3) is 0.333. The SMILES string of the molecule is CCNCc1cc(Br)ccc1Oc1ccccc1C(C)C. The summed E-state index contributed by atoms with van der Waals surface area (Å²) in [5, 5.41) is 3.35. The van der Waals surface area contributed by atoms with Crippen LogP contribution >= 0.6 is 15.9 Å². The average Bonchev–Trinajstić information content (AvgIpc) is 2.47. The molecule has 0 saturated heterocycles. The molecule has 2 nitrogen and oxygen atoms in total. The van der Waals surface area contributed by atoms with Gasteiger partial charge in [-0.05, 0) is 42.3 Å². The van der Waals surface area contributed by atoms with Crippen molar-refractivity contribution in [3.8, 4) is 11.5 Å². The number of benzene rings is 2. The molecule has 2 rings (SSSR count). The Morgan fingerprint density at radius 1 is 1.10 bits per heavy atom. The van der Waals surface area contributed by atoms with Gasteiger partial charge in [0.1, 0.15) is 11.5 Å². The Morgan fingerprint density at radius 2 is 1.86 bits per heavy atom. The van der Waals surface area contributed by atoms with E-state index in [0.717, 1.165) is 34.6 Å². The summed E-state index contributed by atoms with van der Waals surface area (Å²) in [6.07, 6.45) is 0. The van der Waals surface area contributed by atoms with Crippen molar-refractivity contribution < 1.29 is 4.74 Å². The molecule has 0 atom stereocenters. The molecule has 1 N–H and O–H groups in total. The first-order valence-corrected chi connectivity index (χ1v) is 8.17. The number of hydrogen-bond acceptors (Lipinski definition) is 2. The minimum atomic E-state index is 0.439. The molecule has 21 heavy (non-hydrogen) atoms. The van der Waals surface area contributed by atoms with Gasteiger partial charge in [-0.3, -0.25) is 0 Å². The summed E-state index contributed by atoms with van der Waals surface area (Å²) >= 11 is 3.53. The Kier molecular flexibility index (Phi) is 5.83. The fourth-order valence-corrected chi connectivity index (χ4v) is 2.62. The zero-order valence-electron chi connectivity index (χ0n) is 12.8. The zero-order valence-corrected chi connectivity index (χ0v) is 14.4. The molecule has 0 amide bonds. The third kappa shape index (κ3) is 4.32. The van der Waals surface area contributed by atoms with Crippen molar-refractivity contribution in [2.24, 2.45) is 0 Å². The first kappa shape index (κ1) is 16.1. The van der Waals surface area contributed by atoms with Crippen LogP contribution in [0.3, 0.4) is 0 Å². The molecule has 2 aromatic carbocycles. The lowest BCUT2D eigenvalue weighted by Crippen LogP contribution is -2.12. The number of hydrogen-bond donors (Lipinski definition) is 1. The molecule has 2 aromatic rings. The standard InChI is InChI=1S/C18H22BrNO/c1-4-20-12-14-11-15(19)9-10-17(14)21-18-8-6-5-7-16(18)13(2)3/h5-11,13,20H,4,12H2,1-3H3. The highest BCUT2D eigenvalue weighted by atomic mass is 79.9. The van der Waals surface area contributed by atoms with Crippen LogP contribution in [0.15, 0.2) is 46.9 Å². The maximum atomic E-state index is 6.19. The lowest BCUT2D eigenvalue weighted by molar-refractivity contribution is 0.464. The number of ether oxygens (including phenoxy) is 1. The van der Waals surface area contributed by atoms with Crippen LogP contribution in [0.2, 0.25) is 0 Å². The maximum Gasteiger partial charge on any atom is 0.132 e. The lowest BCUT2D eigenvalue weighted by Gasteiger charge is -2.16. The van der Waals surface area contributed by atoms with Gasteiger partial charge in [0.05, 0.1) is 0 Å². The second kappa shape index (κ2) is 7.62. The van der Waals surface area contributed by atoms with Crippen LogP contribution < -0.4 is 10.1 Å². The average molecular weight is 348 g/mol. The molecule has 0 radical (unpaired) electrons. The molecule has 0 saturated carbocycles. The molecular formula is C18H22BrNO. The van der Waals surface area contributed by atoms with E-state index in [2.05, 4.69) is 60.2 Å². The van der Waals surface area contributed by atoms with Crippen molar-refractivity contribution in [3.05, 3.63) is 58.1 Å². The second-order valence-corrected chi connectivity index (χ2v) is 6.24. The molecule has 0 aromatic heterocycles. The molecular weight excluding hydrogens is 326 g/mol. The van der Waals surface area contributed by atoms with E-state index in [4.69, 9.17) is 4.74 Å². The van der Waals surface area contributed by atoms with Crippen LogP contribution in [-0.2, 0) is 6.54 Å². The molecule has 0 fully saturated rings. The summed E-state index contributed by atoms with van der Waals surface area (Å²) in [6.45, 7) is 8.21. The summed E-state index contributed by atoms with van der Waals surface area (Å²) in [5.41, 5.74) is 2.39. The number of nitrogens with one attached hydrogen (secondary N) is 1. The van der Waals surface area contributed by atoms with Gasteiger partial charge < -0.3 is 10.1 Å². The molecule has 0 aliphatic rings. The molecule has 0 unspecified atom stereocenters. The fourth-order valence-electron chi connectivity index (χ4n) is 2.21. The van der Waals surface area contributed by atoms with Gasteiger partial charge in [-0.15, -0.1) is 0 Å². The summed E-state index contributed by atoms with van der Waals surface area (Å²) < 4.78 is 7.26. The molecule has 3 heteroatoms. The van der Waals surface area contributed by atoms with E-state index in [1.165, 1.54) is 5.56 Å². The van der Waals surface area contributed by atoms with Gasteiger partial charge in [0.25, 0.3) is 0 Å². The van der Waals surface area contributed by atoms with Crippen molar-refractivity contribution in [1.29, 1.82) is 0 Å². The first-order chi connectivity index (χ1) is 10.1. The molecule has 0 heterocycles. The van der Waals surface area contributed by atoms with Gasteiger partial charge in [0.2, 0.25) is 0 Å². The summed E-state index contributed by atoms with van der Waals surface area (Å²) in [5.74, 6) is 2.29. The van der Waals surface area contributed by atoms with Gasteiger partial charge in [-0.1, -0.05) is 54.9 Å². The Bertz CT molecular complexity index is 596. The highest BCUT2D eigenvalue weighted by molar-refractivity contribution is 9.10. The van der Waals surface area contributed by atoms with E-state index >= 15 is 0 Å². The third-order valence-electron chi connectivity index (χ3n) is 3.35. The van der Waals surface area contributed by atoms with Gasteiger partial charge in [0, 0.05) is 16.6 Å². The minimum absolute atomic E-state index is 0.439. The molecule has 0 aliphatic heterocycles. The zero-order chi connectivity index (χ0) is 15.2. The second-order valence-electron chi connectivity index (χ2n) is 5.33. The Hall–Kier alpha value is -1.32. The van der Waals surface area contributed by atoms with Crippen LogP contribution in [0.1, 0.15) is 37.8 Å². The van der Waals surface area contributed by atoms with E-state index in [-0.39, 0.29) is 0 Å². The number of para-hydroxylation sites is 1. The van der Waals surface area contributed by atoms with Crippen molar-refractivity contribution in [2.45, 2.75) is 33.2 Å². The van der Waals surface area contributed by atoms with Crippen LogP contribution in [0.4, 0.5) is 0 Å². The Labute approximate surface area is 135 Å². The third-order valence-corrected chi connectivity index (χ3v) is 3.84. The summed E-state index contributed by atoms with van der Waals surface area (Å²) in [6, 6.07) is 14.4. The largest absolute Gasteiger partial charge is 0.457 e. The smallest absolute Gasteiger partial charge is 0.132 e. The van der Waals surface area contributed by atoms with Gasteiger partial charge >= 0.3 is 0 Å². The summed E-state index contributed by atoms with van der Waals surface area (Å²) in [4.78, 5) is 0. The number of rotatable bonds is 6. The quantitative estimate of drug-likeness (QED) is 0.747. The van der Waals surface area contributed by atoms with Crippen LogP contribution in [0.25, 0.3) is 0 Å². The monoisotopic (exact) mass is 347 g/mol. The Morgan fingerprint density at radius 3 is 2.57 bits per heavy atom. The molecule has 112 valence electrons. The Balaban J connectivity index is 2.31. The number of halogens is 1. The maximum absolute atomic E-state index is 6.19. The van der Waals surface area contributed by atoms with Crippen LogP contribution in [0.5, 0.6) is 11.5 Å². The van der Waals surface area contributed by atoms with Crippen molar-refractivity contribution in [3.63, 3.8) is 0 Å². The first-order valence-electron chi connectivity index (χ1n) is 7.37. The lowest BCUT2D eigenvalue weighted by atomic mass is 10.0. The molecule has 0 aliphatic carbocycles. The summed E-state index contributed by atoms with van der Waals surface area (Å²) in [7, 11) is 0.